The number of rotatable bonds is 4. The average molecular weight is 298 g/mol. The predicted octanol–water partition coefficient (Wildman–Crippen LogP) is 2.23. The van der Waals surface area contributed by atoms with Gasteiger partial charge in [0, 0.05) is 25.0 Å². The maximum absolute atomic E-state index is 11.3. The molecule has 1 aliphatic rings. The summed E-state index contributed by atoms with van der Waals surface area (Å²) in [6, 6.07) is 5.36. The Bertz CT molecular complexity index is 774. The number of hydrogen-bond acceptors (Lipinski definition) is 7. The number of carbonyl (C=O) groups is 1. The Labute approximate surface area is 126 Å². The third-order valence-corrected chi connectivity index (χ3v) is 3.14. The molecular weight excluding hydrogens is 284 g/mol. The van der Waals surface area contributed by atoms with Crippen LogP contribution in [0.3, 0.4) is 0 Å². The van der Waals surface area contributed by atoms with Crippen LogP contribution >= 0.6 is 0 Å². The van der Waals surface area contributed by atoms with E-state index >= 15 is 0 Å². The molecule has 0 radical (unpaired) electrons. The monoisotopic (exact) mass is 298 g/mol. The van der Waals surface area contributed by atoms with Gasteiger partial charge >= 0.3 is 0 Å². The molecule has 1 aromatic heterocycles. The van der Waals surface area contributed by atoms with Crippen molar-refractivity contribution < 1.29 is 9.53 Å². The summed E-state index contributed by atoms with van der Waals surface area (Å²) in [6.07, 6.45) is 1.60. The van der Waals surface area contributed by atoms with Gasteiger partial charge in [-0.3, -0.25) is 10.1 Å². The first kappa shape index (κ1) is 14.2. The molecule has 8 heteroatoms. The van der Waals surface area contributed by atoms with Crippen molar-refractivity contribution in [3.8, 4) is 0 Å². The topological polar surface area (TPSA) is 101 Å². The first-order chi connectivity index (χ1) is 10.7. The first-order valence-corrected chi connectivity index (χ1v) is 6.68. The molecular formula is C14H14N6O2. The lowest BCUT2D eigenvalue weighted by Crippen LogP contribution is -2.12. The third kappa shape index (κ3) is 2.68. The molecule has 1 N–H and O–H groups in total. The summed E-state index contributed by atoms with van der Waals surface area (Å²) in [7, 11) is 1.62. The van der Waals surface area contributed by atoms with Crippen LogP contribution in [0.2, 0.25) is 0 Å². The normalized spacial score (nSPS) is 16.4. The van der Waals surface area contributed by atoms with Gasteiger partial charge in [-0.25, -0.2) is 9.97 Å². The number of ether oxygens (including phenoxy) is 1. The Morgan fingerprint density at radius 1 is 1.36 bits per heavy atom. The Morgan fingerprint density at radius 2 is 2.23 bits per heavy atom. The van der Waals surface area contributed by atoms with Gasteiger partial charge in [-0.2, -0.15) is 5.11 Å². The molecule has 0 saturated heterocycles. The maximum Gasteiger partial charge on any atom is 0.230 e. The molecule has 112 valence electrons. The van der Waals surface area contributed by atoms with E-state index in [-0.39, 0.29) is 17.9 Å². The van der Waals surface area contributed by atoms with Gasteiger partial charge in [0.05, 0.1) is 24.0 Å². The van der Waals surface area contributed by atoms with E-state index in [9.17, 15) is 4.79 Å². The summed E-state index contributed by atoms with van der Waals surface area (Å²) in [5.74, 6) is -0.00899. The van der Waals surface area contributed by atoms with Crippen molar-refractivity contribution in [3.63, 3.8) is 0 Å². The van der Waals surface area contributed by atoms with Crippen LogP contribution in [0.5, 0.6) is 0 Å². The van der Waals surface area contributed by atoms with Crippen LogP contribution in [-0.4, -0.2) is 29.2 Å². The Balaban J connectivity index is 2.22. The zero-order valence-corrected chi connectivity index (χ0v) is 12.1. The van der Waals surface area contributed by atoms with E-state index in [4.69, 9.17) is 4.74 Å². The fourth-order valence-electron chi connectivity index (χ4n) is 2.28. The van der Waals surface area contributed by atoms with E-state index in [1.165, 1.54) is 6.92 Å². The van der Waals surface area contributed by atoms with Crippen molar-refractivity contribution >= 4 is 29.0 Å². The molecule has 1 amide bonds. The highest BCUT2D eigenvalue weighted by Gasteiger charge is 2.20. The molecule has 8 nitrogen and oxygen atoms in total. The number of benzene rings is 1. The third-order valence-electron chi connectivity index (χ3n) is 3.14. The van der Waals surface area contributed by atoms with Gasteiger partial charge in [-0.05, 0) is 5.22 Å². The minimum Gasteiger partial charge on any atom is -0.380 e. The van der Waals surface area contributed by atoms with Gasteiger partial charge in [0.15, 0.2) is 6.04 Å². The predicted molar refractivity (Wildman–Crippen MR) is 80.6 cm³/mol. The number of aromatic nitrogens is 2. The lowest BCUT2D eigenvalue weighted by molar-refractivity contribution is -0.114. The second-order valence-corrected chi connectivity index (χ2v) is 4.77. The fourth-order valence-corrected chi connectivity index (χ4v) is 2.28. The molecule has 0 fully saturated rings. The number of nitrogens with zero attached hydrogens (tertiary/aromatic N) is 5. The number of nitrogens with one attached hydrogen (secondary N) is 1. The molecule has 0 spiro atoms. The first-order valence-electron chi connectivity index (χ1n) is 6.68. The number of amides is 1. The molecule has 1 unspecified atom stereocenters. The summed E-state index contributed by atoms with van der Waals surface area (Å²) in [5, 5.41) is 14.8. The molecule has 22 heavy (non-hydrogen) atoms. The van der Waals surface area contributed by atoms with E-state index in [1.54, 1.807) is 13.3 Å². The average Bonchev–Trinajstić information content (AvgIpc) is 3.01. The highest BCUT2D eigenvalue weighted by atomic mass is 16.5. The second kappa shape index (κ2) is 5.94. The van der Waals surface area contributed by atoms with Crippen molar-refractivity contribution in [3.05, 3.63) is 29.5 Å². The lowest BCUT2D eigenvalue weighted by atomic mass is 10.1. The highest BCUT2D eigenvalue weighted by Crippen LogP contribution is 2.28. The maximum atomic E-state index is 11.3. The van der Waals surface area contributed by atoms with Crippen LogP contribution in [-0.2, 0) is 16.1 Å². The Hall–Kier alpha value is -2.74. The Morgan fingerprint density at radius 3 is 2.91 bits per heavy atom. The number of carbonyl (C=O) groups excluding carboxylic acids is 1. The minimum absolute atomic E-state index is 0.231. The van der Waals surface area contributed by atoms with Gasteiger partial charge < -0.3 is 4.74 Å². The SMILES string of the molecule is COCc1cccc2c(C3C=NN=N3)nc(NC(C)=O)nc12. The second-order valence-electron chi connectivity index (χ2n) is 4.77. The molecule has 3 rings (SSSR count). The number of hydrogen-bond donors (Lipinski definition) is 1. The van der Waals surface area contributed by atoms with Crippen molar-refractivity contribution in [2.24, 2.45) is 15.4 Å². The lowest BCUT2D eigenvalue weighted by Gasteiger charge is -2.12. The van der Waals surface area contributed by atoms with Gasteiger partial charge in [0.1, 0.15) is 0 Å². The molecule has 0 saturated carbocycles. The standard InChI is InChI=1S/C14H14N6O2/c1-8(21)16-14-17-12-9(7-22-2)4-3-5-10(12)13(18-14)11-6-15-20-19-11/h3-6,11H,7H2,1-2H3,(H,16,17,18,21). The van der Waals surface area contributed by atoms with E-state index in [1.807, 2.05) is 18.2 Å². The number of methoxy groups -OCH3 is 1. The van der Waals surface area contributed by atoms with Gasteiger partial charge in [0.2, 0.25) is 11.9 Å². The smallest absolute Gasteiger partial charge is 0.230 e. The molecule has 1 aromatic carbocycles. The van der Waals surface area contributed by atoms with E-state index in [0.717, 1.165) is 10.9 Å². The summed E-state index contributed by atoms with van der Waals surface area (Å²) < 4.78 is 5.21. The zero-order chi connectivity index (χ0) is 15.5. The van der Waals surface area contributed by atoms with Gasteiger partial charge in [-0.15, -0.1) is 5.10 Å². The van der Waals surface area contributed by atoms with Gasteiger partial charge in [-0.1, -0.05) is 18.2 Å². The molecule has 1 aliphatic heterocycles. The van der Waals surface area contributed by atoms with Crippen molar-refractivity contribution in [2.75, 3.05) is 12.4 Å². The molecule has 2 aromatic rings. The van der Waals surface area contributed by atoms with Crippen LogP contribution in [0.1, 0.15) is 24.2 Å². The van der Waals surface area contributed by atoms with Crippen LogP contribution in [0.25, 0.3) is 10.9 Å². The van der Waals surface area contributed by atoms with Crippen LogP contribution in [0, 0.1) is 0 Å². The van der Waals surface area contributed by atoms with Crippen molar-refractivity contribution in [1.82, 2.24) is 9.97 Å². The van der Waals surface area contributed by atoms with Crippen LogP contribution in [0.4, 0.5) is 5.95 Å². The fraction of sp³-hybridized carbons (Fsp3) is 0.286. The summed E-state index contributed by atoms with van der Waals surface area (Å²) in [6.45, 7) is 1.82. The summed E-state index contributed by atoms with van der Waals surface area (Å²) in [5.41, 5.74) is 2.27. The highest BCUT2D eigenvalue weighted by molar-refractivity contribution is 5.91. The zero-order valence-electron chi connectivity index (χ0n) is 12.1. The van der Waals surface area contributed by atoms with Crippen LogP contribution in [0.15, 0.2) is 33.6 Å². The minimum atomic E-state index is -0.379. The quantitative estimate of drug-likeness (QED) is 0.935. The van der Waals surface area contributed by atoms with E-state index in [2.05, 4.69) is 30.7 Å². The van der Waals surface area contributed by atoms with E-state index in [0.29, 0.717) is 17.8 Å². The van der Waals surface area contributed by atoms with Crippen molar-refractivity contribution in [2.45, 2.75) is 19.6 Å². The Kier molecular flexibility index (Phi) is 3.84. The number of anilines is 1. The van der Waals surface area contributed by atoms with Crippen molar-refractivity contribution in [1.29, 1.82) is 0 Å². The number of para-hydroxylation sites is 1. The molecule has 2 heterocycles. The summed E-state index contributed by atoms with van der Waals surface area (Å²) in [4.78, 5) is 20.1. The number of fused-ring (bicyclic) bond motifs is 1. The molecule has 0 aliphatic carbocycles. The molecule has 1 atom stereocenters. The van der Waals surface area contributed by atoms with E-state index < -0.39 is 0 Å². The largest absolute Gasteiger partial charge is 0.380 e. The molecule has 0 bridgehead atoms. The van der Waals surface area contributed by atoms with Crippen LogP contribution < -0.4 is 5.32 Å². The summed E-state index contributed by atoms with van der Waals surface area (Å²) >= 11 is 0. The van der Waals surface area contributed by atoms with Gasteiger partial charge in [0.25, 0.3) is 0 Å².